The summed E-state index contributed by atoms with van der Waals surface area (Å²) >= 11 is 6.54. The Hall–Kier alpha value is -2.44. The van der Waals surface area contributed by atoms with Crippen molar-refractivity contribution >= 4 is 46.5 Å². The van der Waals surface area contributed by atoms with Gasteiger partial charge in [-0.05, 0) is 47.7 Å². The number of carbonyl (C=O) groups is 3. The Morgan fingerprint density at radius 2 is 1.91 bits per heavy atom. The van der Waals surface area contributed by atoms with Crippen LogP contribution in [0.2, 0.25) is 5.02 Å². The molecule has 1 aromatic heterocycles. The maximum Gasteiger partial charge on any atom is 0.300 e. The highest BCUT2D eigenvalue weighted by atomic mass is 35.5. The lowest BCUT2D eigenvalue weighted by Crippen LogP contribution is -2.34. The van der Waals surface area contributed by atoms with Crippen molar-refractivity contribution in [3.63, 3.8) is 0 Å². The van der Waals surface area contributed by atoms with Crippen LogP contribution in [0.25, 0.3) is 6.08 Å². The molecule has 1 aliphatic heterocycles. The maximum absolute atomic E-state index is 12.4. The third-order valence-corrected chi connectivity index (χ3v) is 4.19. The van der Waals surface area contributed by atoms with Gasteiger partial charge in [0.15, 0.2) is 0 Å². The zero-order valence-electron chi connectivity index (χ0n) is 11.6. The van der Waals surface area contributed by atoms with Crippen molar-refractivity contribution in [1.29, 1.82) is 0 Å². The molecule has 0 spiro atoms. The predicted octanol–water partition coefficient (Wildman–Crippen LogP) is 3.61. The summed E-state index contributed by atoms with van der Waals surface area (Å²) in [7, 11) is 0. The highest BCUT2D eigenvalue weighted by molar-refractivity contribution is 8.18. The van der Waals surface area contributed by atoms with Gasteiger partial charge in [0, 0.05) is 17.4 Å². The number of rotatable bonds is 2. The second-order valence-electron chi connectivity index (χ2n) is 4.62. The molecule has 1 aromatic carbocycles. The molecule has 0 bridgehead atoms. The van der Waals surface area contributed by atoms with Gasteiger partial charge in [0.05, 0.1) is 10.5 Å². The van der Waals surface area contributed by atoms with Gasteiger partial charge in [0.1, 0.15) is 0 Å². The van der Waals surface area contributed by atoms with Gasteiger partial charge in [-0.3, -0.25) is 19.4 Å². The molecule has 2 heterocycles. The first-order valence-electron chi connectivity index (χ1n) is 6.54. The number of thioether (sulfide) groups is 1. The van der Waals surface area contributed by atoms with Crippen LogP contribution in [0.1, 0.15) is 15.9 Å². The zero-order valence-corrected chi connectivity index (χ0v) is 13.2. The monoisotopic (exact) mass is 344 g/mol. The summed E-state index contributed by atoms with van der Waals surface area (Å²) in [6.45, 7) is 0. The third kappa shape index (κ3) is 3.18. The van der Waals surface area contributed by atoms with E-state index in [-0.39, 0.29) is 10.5 Å². The summed E-state index contributed by atoms with van der Waals surface area (Å²) in [5.41, 5.74) is 0.899. The molecule has 0 atom stereocenters. The number of benzene rings is 1. The molecule has 0 aliphatic carbocycles. The smallest absolute Gasteiger partial charge is 0.268 e. The summed E-state index contributed by atoms with van der Waals surface area (Å²) in [5.74, 6) is -1.32. The molecule has 3 amide bonds. The lowest BCUT2D eigenvalue weighted by atomic mass is 10.2. The molecule has 3 rings (SSSR count). The molecular weight excluding hydrogens is 336 g/mol. The minimum absolute atomic E-state index is 0.183. The molecule has 0 radical (unpaired) electrons. The normalized spacial score (nSPS) is 16.2. The lowest BCUT2D eigenvalue weighted by molar-refractivity contribution is -0.120. The van der Waals surface area contributed by atoms with Crippen LogP contribution in [0.15, 0.2) is 53.7 Å². The van der Waals surface area contributed by atoms with Crippen LogP contribution in [0.4, 0.5) is 4.79 Å². The van der Waals surface area contributed by atoms with Crippen molar-refractivity contribution < 1.29 is 14.4 Å². The number of halogens is 1. The first kappa shape index (κ1) is 15.5. The third-order valence-electron chi connectivity index (χ3n) is 3.07. The van der Waals surface area contributed by atoms with E-state index < -0.39 is 17.1 Å². The van der Waals surface area contributed by atoms with Gasteiger partial charge in [-0.2, -0.15) is 0 Å². The molecule has 0 unspecified atom stereocenters. The van der Waals surface area contributed by atoms with Crippen molar-refractivity contribution in [2.45, 2.75) is 0 Å². The van der Waals surface area contributed by atoms with E-state index in [1.807, 2.05) is 0 Å². The fraction of sp³-hybridized carbons (Fsp3) is 0. The van der Waals surface area contributed by atoms with E-state index in [4.69, 9.17) is 11.6 Å². The summed E-state index contributed by atoms with van der Waals surface area (Å²) in [5, 5.41) is -0.0499. The number of hydrogen-bond acceptors (Lipinski definition) is 5. The Bertz CT molecular complexity index is 819. The number of carbonyl (C=O) groups excluding carboxylic acids is 3. The molecule has 7 heteroatoms. The van der Waals surface area contributed by atoms with Gasteiger partial charge in [-0.15, -0.1) is 0 Å². The van der Waals surface area contributed by atoms with Crippen molar-refractivity contribution in [2.75, 3.05) is 0 Å². The number of imide groups is 3. The second kappa shape index (κ2) is 6.36. The van der Waals surface area contributed by atoms with E-state index in [1.54, 1.807) is 36.4 Å². The molecule has 114 valence electrons. The van der Waals surface area contributed by atoms with Crippen LogP contribution in [-0.4, -0.2) is 26.9 Å². The molecule has 1 aliphatic rings. The van der Waals surface area contributed by atoms with E-state index in [2.05, 4.69) is 4.98 Å². The number of aromatic nitrogens is 1. The second-order valence-corrected chi connectivity index (χ2v) is 6.05. The van der Waals surface area contributed by atoms with E-state index >= 15 is 0 Å². The van der Waals surface area contributed by atoms with Crippen LogP contribution >= 0.6 is 23.4 Å². The van der Waals surface area contributed by atoms with Crippen molar-refractivity contribution in [3.05, 3.63) is 69.8 Å². The summed E-state index contributed by atoms with van der Waals surface area (Å²) in [6.07, 6.45) is 4.37. The molecular formula is C16H9ClN2O3S. The molecule has 1 saturated heterocycles. The van der Waals surface area contributed by atoms with Gasteiger partial charge in [-0.1, -0.05) is 23.7 Å². The predicted molar refractivity (Wildman–Crippen MR) is 87.8 cm³/mol. The number of amides is 3. The Labute approximate surface area is 141 Å². The summed E-state index contributed by atoms with van der Waals surface area (Å²) in [4.78, 5) is 41.3. The van der Waals surface area contributed by atoms with E-state index in [0.29, 0.717) is 15.5 Å². The van der Waals surface area contributed by atoms with Gasteiger partial charge < -0.3 is 0 Å². The number of nitrogens with zero attached hydrogens (tertiary/aromatic N) is 2. The van der Waals surface area contributed by atoms with Gasteiger partial charge >= 0.3 is 5.24 Å². The summed E-state index contributed by atoms with van der Waals surface area (Å²) < 4.78 is 0. The maximum atomic E-state index is 12.4. The first-order chi connectivity index (χ1) is 11.1. The molecule has 5 nitrogen and oxygen atoms in total. The van der Waals surface area contributed by atoms with Gasteiger partial charge in [-0.25, -0.2) is 4.90 Å². The van der Waals surface area contributed by atoms with E-state index in [1.165, 1.54) is 18.5 Å². The quantitative estimate of drug-likeness (QED) is 0.615. The molecule has 23 heavy (non-hydrogen) atoms. The molecule has 0 saturated carbocycles. The number of hydrogen-bond donors (Lipinski definition) is 0. The average Bonchev–Trinajstić information content (AvgIpc) is 2.84. The highest BCUT2D eigenvalue weighted by Crippen LogP contribution is 2.33. The van der Waals surface area contributed by atoms with E-state index in [9.17, 15) is 14.4 Å². The Balaban J connectivity index is 1.88. The summed E-state index contributed by atoms with van der Waals surface area (Å²) in [6, 6.07) is 9.87. The van der Waals surface area contributed by atoms with Crippen LogP contribution in [0.3, 0.4) is 0 Å². The van der Waals surface area contributed by atoms with Gasteiger partial charge in [0.25, 0.3) is 11.8 Å². The van der Waals surface area contributed by atoms with Crippen molar-refractivity contribution in [1.82, 2.24) is 9.88 Å². The molecule has 2 aromatic rings. The lowest BCUT2D eigenvalue weighted by Gasteiger charge is -2.09. The first-order valence-corrected chi connectivity index (χ1v) is 7.73. The topological polar surface area (TPSA) is 67.3 Å². The van der Waals surface area contributed by atoms with Crippen molar-refractivity contribution in [2.24, 2.45) is 0 Å². The van der Waals surface area contributed by atoms with Gasteiger partial charge in [0.2, 0.25) is 0 Å². The van der Waals surface area contributed by atoms with Crippen LogP contribution in [0, 0.1) is 0 Å². The Kier molecular flexibility index (Phi) is 4.27. The minimum atomic E-state index is -0.680. The Morgan fingerprint density at radius 3 is 2.57 bits per heavy atom. The zero-order chi connectivity index (χ0) is 16.4. The fourth-order valence-corrected chi connectivity index (χ4v) is 2.92. The number of pyridine rings is 1. The largest absolute Gasteiger partial charge is 0.300 e. The Morgan fingerprint density at radius 1 is 1.17 bits per heavy atom. The highest BCUT2D eigenvalue weighted by Gasteiger charge is 2.40. The molecule has 0 N–H and O–H groups in total. The van der Waals surface area contributed by atoms with Crippen LogP contribution < -0.4 is 0 Å². The van der Waals surface area contributed by atoms with E-state index in [0.717, 1.165) is 11.8 Å². The standard InChI is InChI=1S/C16H9ClN2O3S/c17-12-5-3-10(4-6-12)8-13-15(21)19(16(22)23-13)14(20)11-2-1-7-18-9-11/h1-9H. The average molecular weight is 345 g/mol. The minimum Gasteiger partial charge on any atom is -0.268 e. The fourth-order valence-electron chi connectivity index (χ4n) is 1.97. The molecule has 1 fully saturated rings. The van der Waals surface area contributed by atoms with Crippen molar-refractivity contribution in [3.8, 4) is 0 Å². The van der Waals surface area contributed by atoms with Crippen LogP contribution in [0.5, 0.6) is 0 Å². The van der Waals surface area contributed by atoms with Crippen LogP contribution in [-0.2, 0) is 4.79 Å². The SMILES string of the molecule is O=C1SC(=Cc2ccc(Cl)cc2)C(=O)N1C(=O)c1cccnc1.